The van der Waals surface area contributed by atoms with Crippen molar-refractivity contribution in [1.29, 1.82) is 0 Å². The number of hydrogen-bond acceptors (Lipinski definition) is 4. The average Bonchev–Trinajstić information content (AvgIpc) is 2.70. The Labute approximate surface area is 92.6 Å². The van der Waals surface area contributed by atoms with Gasteiger partial charge in [-0.2, -0.15) is 0 Å². The lowest BCUT2D eigenvalue weighted by molar-refractivity contribution is 0.0798. The van der Waals surface area contributed by atoms with E-state index in [0.717, 1.165) is 26.2 Å². The van der Waals surface area contributed by atoms with Gasteiger partial charge in [-0.15, -0.1) is 0 Å². The van der Waals surface area contributed by atoms with Crippen molar-refractivity contribution >= 4 is 0 Å². The van der Waals surface area contributed by atoms with E-state index in [1.807, 2.05) is 0 Å². The maximum atomic E-state index is 9.02. The Bertz CT molecular complexity index is 161. The minimum atomic E-state index is 0.223. The molecule has 1 rings (SSSR count). The lowest BCUT2D eigenvalue weighted by atomic mass is 10.2. The smallest absolute Gasteiger partial charge is 0.0615 e. The van der Waals surface area contributed by atoms with Gasteiger partial charge in [0, 0.05) is 32.3 Å². The van der Waals surface area contributed by atoms with Crippen molar-refractivity contribution in [2.45, 2.75) is 31.8 Å². The molecule has 0 saturated carbocycles. The predicted octanol–water partition coefficient (Wildman–Crippen LogP) is 0.0676. The van der Waals surface area contributed by atoms with Crippen LogP contribution in [0.15, 0.2) is 0 Å². The molecular weight excluding hydrogens is 192 g/mol. The number of nitrogens with zero attached hydrogens (tertiary/aromatic N) is 1. The van der Waals surface area contributed by atoms with Crippen LogP contribution >= 0.6 is 0 Å². The molecule has 1 fully saturated rings. The summed E-state index contributed by atoms with van der Waals surface area (Å²) in [5.74, 6) is 0. The molecule has 0 radical (unpaired) electrons. The second kappa shape index (κ2) is 7.17. The Kier molecular flexibility index (Phi) is 6.17. The van der Waals surface area contributed by atoms with Crippen molar-refractivity contribution in [3.8, 4) is 0 Å². The molecule has 90 valence electrons. The zero-order valence-electron chi connectivity index (χ0n) is 9.91. The third kappa shape index (κ3) is 4.47. The summed E-state index contributed by atoms with van der Waals surface area (Å²) in [6.07, 6.45) is 2.53. The number of nitrogens with one attached hydrogen (secondary N) is 1. The minimum Gasteiger partial charge on any atom is -0.395 e. The lowest BCUT2D eigenvalue weighted by Gasteiger charge is -2.30. The zero-order chi connectivity index (χ0) is 11.1. The van der Waals surface area contributed by atoms with Crippen molar-refractivity contribution < 1.29 is 9.84 Å². The van der Waals surface area contributed by atoms with Crippen molar-refractivity contribution in [2.24, 2.45) is 0 Å². The Morgan fingerprint density at radius 1 is 1.60 bits per heavy atom. The number of aliphatic hydroxyl groups excluding tert-OH is 1. The first-order chi connectivity index (χ1) is 7.27. The summed E-state index contributed by atoms with van der Waals surface area (Å²) in [5.41, 5.74) is 0. The fraction of sp³-hybridized carbons (Fsp3) is 1.00. The predicted molar refractivity (Wildman–Crippen MR) is 61.0 cm³/mol. The molecule has 2 atom stereocenters. The number of aliphatic hydroxyl groups is 1. The molecule has 1 aliphatic heterocycles. The highest BCUT2D eigenvalue weighted by atomic mass is 16.5. The van der Waals surface area contributed by atoms with E-state index in [2.05, 4.69) is 17.1 Å². The van der Waals surface area contributed by atoms with E-state index in [0.29, 0.717) is 12.1 Å². The number of rotatable bonds is 7. The SMILES string of the molecule is COCC(C)N(CCO)CC1CCCN1. The van der Waals surface area contributed by atoms with Crippen LogP contribution in [0, 0.1) is 0 Å². The van der Waals surface area contributed by atoms with Gasteiger partial charge in [0.15, 0.2) is 0 Å². The maximum absolute atomic E-state index is 9.02. The van der Waals surface area contributed by atoms with Gasteiger partial charge >= 0.3 is 0 Å². The average molecular weight is 216 g/mol. The van der Waals surface area contributed by atoms with Gasteiger partial charge in [0.1, 0.15) is 0 Å². The molecule has 1 heterocycles. The molecule has 4 heteroatoms. The Morgan fingerprint density at radius 2 is 2.40 bits per heavy atom. The van der Waals surface area contributed by atoms with Gasteiger partial charge in [0.25, 0.3) is 0 Å². The fourth-order valence-corrected chi connectivity index (χ4v) is 2.16. The summed E-state index contributed by atoms with van der Waals surface area (Å²) < 4.78 is 5.15. The molecule has 4 nitrogen and oxygen atoms in total. The molecule has 0 aromatic rings. The van der Waals surface area contributed by atoms with Gasteiger partial charge in [-0.25, -0.2) is 0 Å². The Hall–Kier alpha value is -0.160. The van der Waals surface area contributed by atoms with Crippen LogP contribution in [0.25, 0.3) is 0 Å². The second-order valence-corrected chi connectivity index (χ2v) is 4.32. The first-order valence-corrected chi connectivity index (χ1v) is 5.85. The Balaban J connectivity index is 2.33. The lowest BCUT2D eigenvalue weighted by Crippen LogP contribution is -2.45. The third-order valence-corrected chi connectivity index (χ3v) is 3.04. The molecule has 0 spiro atoms. The molecule has 1 aliphatic rings. The van der Waals surface area contributed by atoms with Crippen LogP contribution in [0.2, 0.25) is 0 Å². The van der Waals surface area contributed by atoms with Gasteiger partial charge in [0.2, 0.25) is 0 Å². The fourth-order valence-electron chi connectivity index (χ4n) is 2.16. The van der Waals surface area contributed by atoms with Gasteiger partial charge in [0.05, 0.1) is 13.2 Å². The maximum Gasteiger partial charge on any atom is 0.0615 e. The van der Waals surface area contributed by atoms with Crippen LogP contribution in [0.1, 0.15) is 19.8 Å². The van der Waals surface area contributed by atoms with E-state index in [9.17, 15) is 0 Å². The highest BCUT2D eigenvalue weighted by molar-refractivity contribution is 4.80. The number of methoxy groups -OCH3 is 1. The first-order valence-electron chi connectivity index (χ1n) is 5.85. The van der Waals surface area contributed by atoms with E-state index < -0.39 is 0 Å². The molecule has 15 heavy (non-hydrogen) atoms. The summed E-state index contributed by atoms with van der Waals surface area (Å²) in [4.78, 5) is 2.30. The largest absolute Gasteiger partial charge is 0.395 e. The summed E-state index contributed by atoms with van der Waals surface area (Å²) in [6, 6.07) is 0.973. The van der Waals surface area contributed by atoms with Crippen molar-refractivity contribution in [3.05, 3.63) is 0 Å². The van der Waals surface area contributed by atoms with Crippen LogP contribution in [0.4, 0.5) is 0 Å². The van der Waals surface area contributed by atoms with E-state index >= 15 is 0 Å². The van der Waals surface area contributed by atoms with Gasteiger partial charge in [-0.1, -0.05) is 0 Å². The minimum absolute atomic E-state index is 0.223. The molecule has 0 aromatic carbocycles. The molecule has 2 N–H and O–H groups in total. The quantitative estimate of drug-likeness (QED) is 0.632. The molecular formula is C11H24N2O2. The normalized spacial score (nSPS) is 23.6. The molecule has 1 saturated heterocycles. The van der Waals surface area contributed by atoms with Gasteiger partial charge < -0.3 is 15.2 Å². The van der Waals surface area contributed by atoms with Crippen LogP contribution < -0.4 is 5.32 Å². The number of hydrogen-bond donors (Lipinski definition) is 2. The summed E-state index contributed by atoms with van der Waals surface area (Å²) >= 11 is 0. The molecule has 0 aromatic heterocycles. The second-order valence-electron chi connectivity index (χ2n) is 4.32. The highest BCUT2D eigenvalue weighted by Gasteiger charge is 2.20. The topological polar surface area (TPSA) is 44.7 Å². The van der Waals surface area contributed by atoms with Gasteiger partial charge in [-0.05, 0) is 26.3 Å². The van der Waals surface area contributed by atoms with E-state index in [4.69, 9.17) is 9.84 Å². The van der Waals surface area contributed by atoms with Crippen molar-refractivity contribution in [2.75, 3.05) is 40.0 Å². The van der Waals surface area contributed by atoms with Crippen LogP contribution in [-0.2, 0) is 4.74 Å². The molecule has 0 aliphatic carbocycles. The summed E-state index contributed by atoms with van der Waals surface area (Å²) in [5, 5.41) is 12.5. The third-order valence-electron chi connectivity index (χ3n) is 3.04. The first kappa shape index (κ1) is 12.9. The molecule has 0 amide bonds. The van der Waals surface area contributed by atoms with Crippen molar-refractivity contribution in [3.63, 3.8) is 0 Å². The molecule has 0 bridgehead atoms. The summed E-state index contributed by atoms with van der Waals surface area (Å²) in [6.45, 7) is 5.99. The van der Waals surface area contributed by atoms with E-state index in [1.165, 1.54) is 12.8 Å². The standard InChI is InChI=1S/C11H24N2O2/c1-10(9-15-2)13(6-7-14)8-11-4-3-5-12-11/h10-12,14H,3-9H2,1-2H3. The van der Waals surface area contributed by atoms with Crippen molar-refractivity contribution in [1.82, 2.24) is 10.2 Å². The zero-order valence-corrected chi connectivity index (χ0v) is 9.91. The monoisotopic (exact) mass is 216 g/mol. The highest BCUT2D eigenvalue weighted by Crippen LogP contribution is 2.09. The van der Waals surface area contributed by atoms with Gasteiger partial charge in [-0.3, -0.25) is 4.90 Å². The summed E-state index contributed by atoms with van der Waals surface area (Å²) in [7, 11) is 1.72. The van der Waals surface area contributed by atoms with Crippen LogP contribution in [0.3, 0.4) is 0 Å². The van der Waals surface area contributed by atoms with E-state index in [-0.39, 0.29) is 6.61 Å². The Morgan fingerprint density at radius 3 is 2.93 bits per heavy atom. The van der Waals surface area contributed by atoms with Crippen LogP contribution in [0.5, 0.6) is 0 Å². The van der Waals surface area contributed by atoms with Crippen LogP contribution in [-0.4, -0.2) is 62.0 Å². The molecule has 2 unspecified atom stereocenters. The van der Waals surface area contributed by atoms with E-state index in [1.54, 1.807) is 7.11 Å². The number of ether oxygens (including phenoxy) is 1.